The standard InChI is InChI=1S/C18H21Cl2N5O2S/c1-10-17(23-28(26,27)18-11(2)21-24(5)13(18)4)12(3)25(22-10)9-14-6-7-15(19)8-16(14)20/h6-8,23H,9H2,1-5H3. The summed E-state index contributed by atoms with van der Waals surface area (Å²) in [6.45, 7) is 7.36. The minimum absolute atomic E-state index is 0.183. The van der Waals surface area contributed by atoms with Crippen LogP contribution in [0.1, 0.15) is 28.3 Å². The van der Waals surface area contributed by atoms with Crippen LogP contribution in [-0.4, -0.2) is 28.0 Å². The van der Waals surface area contributed by atoms with Crippen LogP contribution >= 0.6 is 23.2 Å². The second-order valence-corrected chi connectivity index (χ2v) is 9.13. The van der Waals surface area contributed by atoms with Crippen molar-refractivity contribution in [2.75, 3.05) is 4.72 Å². The molecule has 3 aromatic rings. The molecule has 150 valence electrons. The maximum absolute atomic E-state index is 13.0. The Morgan fingerprint density at radius 3 is 2.29 bits per heavy atom. The lowest BCUT2D eigenvalue weighted by molar-refractivity contribution is 0.599. The Hall–Kier alpha value is -2.03. The van der Waals surface area contributed by atoms with Crippen LogP contribution in [0.15, 0.2) is 23.1 Å². The lowest BCUT2D eigenvalue weighted by atomic mass is 10.2. The number of hydrogen-bond donors (Lipinski definition) is 1. The van der Waals surface area contributed by atoms with Gasteiger partial charge < -0.3 is 0 Å². The smallest absolute Gasteiger partial charge is 0.265 e. The number of nitrogens with zero attached hydrogens (tertiary/aromatic N) is 4. The lowest BCUT2D eigenvalue weighted by Gasteiger charge is -2.10. The van der Waals surface area contributed by atoms with E-state index in [0.717, 1.165) is 5.56 Å². The molecule has 0 spiro atoms. The third-order valence-corrected chi connectivity index (χ3v) is 6.85. The summed E-state index contributed by atoms with van der Waals surface area (Å²) in [6, 6.07) is 5.25. The van der Waals surface area contributed by atoms with Gasteiger partial charge in [-0.05, 0) is 45.4 Å². The van der Waals surface area contributed by atoms with E-state index in [1.165, 1.54) is 0 Å². The molecule has 0 amide bonds. The predicted molar refractivity (Wildman–Crippen MR) is 111 cm³/mol. The van der Waals surface area contributed by atoms with Gasteiger partial charge in [0.25, 0.3) is 10.0 Å². The van der Waals surface area contributed by atoms with Crippen molar-refractivity contribution in [2.24, 2.45) is 7.05 Å². The Bertz CT molecular complexity index is 1170. The number of aromatic nitrogens is 4. The van der Waals surface area contributed by atoms with Crippen molar-refractivity contribution in [3.05, 3.63) is 56.6 Å². The van der Waals surface area contributed by atoms with Crippen molar-refractivity contribution in [3.8, 4) is 0 Å². The summed E-state index contributed by atoms with van der Waals surface area (Å²) in [5.41, 5.74) is 3.57. The molecule has 7 nitrogen and oxygen atoms in total. The first-order valence-electron chi connectivity index (χ1n) is 8.52. The molecule has 0 fully saturated rings. The first-order valence-corrected chi connectivity index (χ1v) is 10.8. The van der Waals surface area contributed by atoms with E-state index in [1.807, 2.05) is 13.0 Å². The van der Waals surface area contributed by atoms with Gasteiger partial charge in [-0.15, -0.1) is 0 Å². The first kappa shape index (κ1) is 20.7. The third kappa shape index (κ3) is 3.76. The third-order valence-electron chi connectivity index (χ3n) is 4.66. The zero-order chi connectivity index (χ0) is 20.8. The molecule has 0 aliphatic heterocycles. The Morgan fingerprint density at radius 1 is 1.04 bits per heavy atom. The number of sulfonamides is 1. The van der Waals surface area contributed by atoms with E-state index in [4.69, 9.17) is 23.2 Å². The number of hydrogen-bond acceptors (Lipinski definition) is 4. The van der Waals surface area contributed by atoms with Gasteiger partial charge in [-0.25, -0.2) is 8.42 Å². The molecule has 0 radical (unpaired) electrons. The van der Waals surface area contributed by atoms with E-state index in [0.29, 0.717) is 45.1 Å². The summed E-state index contributed by atoms with van der Waals surface area (Å²) >= 11 is 12.2. The molecule has 0 bridgehead atoms. The fourth-order valence-electron chi connectivity index (χ4n) is 3.14. The maximum Gasteiger partial charge on any atom is 0.265 e. The van der Waals surface area contributed by atoms with E-state index < -0.39 is 10.0 Å². The normalized spacial score (nSPS) is 11.8. The van der Waals surface area contributed by atoms with Crippen LogP contribution in [0.25, 0.3) is 0 Å². The molecule has 28 heavy (non-hydrogen) atoms. The van der Waals surface area contributed by atoms with E-state index in [-0.39, 0.29) is 4.90 Å². The highest BCUT2D eigenvalue weighted by Gasteiger charge is 2.26. The molecule has 2 heterocycles. The van der Waals surface area contributed by atoms with Crippen molar-refractivity contribution in [2.45, 2.75) is 39.1 Å². The summed E-state index contributed by atoms with van der Waals surface area (Å²) in [7, 11) is -2.09. The Balaban J connectivity index is 1.96. The summed E-state index contributed by atoms with van der Waals surface area (Å²) in [5, 5.41) is 9.75. The Morgan fingerprint density at radius 2 is 1.71 bits per heavy atom. The average Bonchev–Trinajstić information content (AvgIpc) is 2.99. The summed E-state index contributed by atoms with van der Waals surface area (Å²) in [4.78, 5) is 0.183. The number of rotatable bonds is 5. The summed E-state index contributed by atoms with van der Waals surface area (Å²) in [6.07, 6.45) is 0. The first-order chi connectivity index (χ1) is 13.0. The highest BCUT2D eigenvalue weighted by molar-refractivity contribution is 7.92. The van der Waals surface area contributed by atoms with Gasteiger partial charge in [0.1, 0.15) is 4.90 Å². The van der Waals surface area contributed by atoms with Crippen molar-refractivity contribution in [3.63, 3.8) is 0 Å². The van der Waals surface area contributed by atoms with E-state index in [9.17, 15) is 8.42 Å². The zero-order valence-corrected chi connectivity index (χ0v) is 18.5. The molecule has 3 rings (SSSR count). The molecule has 0 aliphatic rings. The van der Waals surface area contributed by atoms with Gasteiger partial charge in [0.15, 0.2) is 0 Å². The quantitative estimate of drug-likeness (QED) is 0.648. The van der Waals surface area contributed by atoms with Crippen LogP contribution in [0.2, 0.25) is 10.0 Å². The van der Waals surface area contributed by atoms with Crippen LogP contribution < -0.4 is 4.72 Å². The van der Waals surface area contributed by atoms with Crippen molar-refractivity contribution in [1.82, 2.24) is 19.6 Å². The second-order valence-electron chi connectivity index (χ2n) is 6.67. The molecular formula is C18H21Cl2N5O2S. The predicted octanol–water partition coefficient (Wildman–Crippen LogP) is 4.01. The van der Waals surface area contributed by atoms with Crippen LogP contribution in [0.3, 0.4) is 0 Å². The van der Waals surface area contributed by atoms with Crippen LogP contribution in [-0.2, 0) is 23.6 Å². The number of halogens is 2. The van der Waals surface area contributed by atoms with Gasteiger partial charge in [-0.2, -0.15) is 10.2 Å². The molecular weight excluding hydrogens is 421 g/mol. The van der Waals surface area contributed by atoms with Gasteiger partial charge in [-0.3, -0.25) is 14.1 Å². The highest BCUT2D eigenvalue weighted by atomic mass is 35.5. The minimum atomic E-state index is -3.80. The molecule has 0 saturated heterocycles. The minimum Gasteiger partial charge on any atom is -0.276 e. The van der Waals surface area contributed by atoms with Crippen LogP contribution in [0, 0.1) is 27.7 Å². The zero-order valence-electron chi connectivity index (χ0n) is 16.2. The molecule has 0 aliphatic carbocycles. The molecule has 2 aromatic heterocycles. The maximum atomic E-state index is 13.0. The summed E-state index contributed by atoms with van der Waals surface area (Å²) < 4.78 is 31.9. The van der Waals surface area contributed by atoms with E-state index in [2.05, 4.69) is 14.9 Å². The fourth-order valence-corrected chi connectivity index (χ4v) is 5.22. The average molecular weight is 442 g/mol. The topological polar surface area (TPSA) is 81.8 Å². The monoisotopic (exact) mass is 441 g/mol. The Kier molecular flexibility index (Phi) is 5.49. The molecule has 0 saturated carbocycles. The molecule has 0 unspecified atom stereocenters. The number of nitrogens with one attached hydrogen (secondary N) is 1. The molecule has 0 atom stereocenters. The van der Waals surface area contributed by atoms with Crippen molar-refractivity contribution < 1.29 is 8.42 Å². The number of aryl methyl sites for hydroxylation is 3. The van der Waals surface area contributed by atoms with Gasteiger partial charge in [0.2, 0.25) is 0 Å². The second kappa shape index (κ2) is 7.42. The number of anilines is 1. The molecule has 1 N–H and O–H groups in total. The van der Waals surface area contributed by atoms with Crippen LogP contribution in [0.5, 0.6) is 0 Å². The molecule has 10 heteroatoms. The van der Waals surface area contributed by atoms with Gasteiger partial charge in [0.05, 0.1) is 35.0 Å². The fraction of sp³-hybridized carbons (Fsp3) is 0.333. The van der Waals surface area contributed by atoms with Gasteiger partial charge in [0, 0.05) is 17.1 Å². The largest absolute Gasteiger partial charge is 0.276 e. The highest BCUT2D eigenvalue weighted by Crippen LogP contribution is 2.28. The number of benzene rings is 1. The van der Waals surface area contributed by atoms with Crippen LogP contribution in [0.4, 0.5) is 5.69 Å². The SMILES string of the molecule is Cc1nn(Cc2ccc(Cl)cc2Cl)c(C)c1NS(=O)(=O)c1c(C)nn(C)c1C. The van der Waals surface area contributed by atoms with Crippen molar-refractivity contribution in [1.29, 1.82) is 0 Å². The van der Waals surface area contributed by atoms with Crippen molar-refractivity contribution >= 4 is 38.9 Å². The van der Waals surface area contributed by atoms with Gasteiger partial charge >= 0.3 is 0 Å². The Labute approximate surface area is 174 Å². The lowest BCUT2D eigenvalue weighted by Crippen LogP contribution is -2.16. The van der Waals surface area contributed by atoms with E-state index in [1.54, 1.807) is 49.3 Å². The molecule has 1 aromatic carbocycles. The summed E-state index contributed by atoms with van der Waals surface area (Å²) in [5.74, 6) is 0. The van der Waals surface area contributed by atoms with Gasteiger partial charge in [-0.1, -0.05) is 29.3 Å². The van der Waals surface area contributed by atoms with E-state index >= 15 is 0 Å².